The van der Waals surface area contributed by atoms with Crippen LogP contribution in [0.5, 0.6) is 11.5 Å². The molecule has 4 heteroatoms. The number of nitrogen functional groups attached to an aromatic ring is 1. The number of hydrogen-bond donors (Lipinski definition) is 1. The fourth-order valence-corrected chi connectivity index (χ4v) is 1.18. The number of ether oxygens (including phenoxy) is 2. The Morgan fingerprint density at radius 3 is 2.67 bits per heavy atom. The van der Waals surface area contributed by atoms with Crippen molar-refractivity contribution in [3.63, 3.8) is 0 Å². The van der Waals surface area contributed by atoms with Crippen molar-refractivity contribution in [2.24, 2.45) is 0 Å². The van der Waals surface area contributed by atoms with Gasteiger partial charge in [0.2, 0.25) is 0 Å². The molecule has 0 fully saturated rings. The van der Waals surface area contributed by atoms with Gasteiger partial charge in [0.1, 0.15) is 6.61 Å². The fourth-order valence-electron chi connectivity index (χ4n) is 1.18. The molecule has 0 aliphatic rings. The van der Waals surface area contributed by atoms with Gasteiger partial charge in [0.25, 0.3) is 0 Å². The maximum Gasteiger partial charge on any atom is 0.184 e. The lowest BCUT2D eigenvalue weighted by Gasteiger charge is -2.14. The van der Waals surface area contributed by atoms with E-state index in [-0.39, 0.29) is 0 Å². The van der Waals surface area contributed by atoms with Gasteiger partial charge in [-0.3, -0.25) is 0 Å². The van der Waals surface area contributed by atoms with E-state index in [0.29, 0.717) is 23.8 Å². The van der Waals surface area contributed by atoms with Gasteiger partial charge in [0, 0.05) is 6.54 Å². The van der Waals surface area contributed by atoms with Crippen LogP contribution in [0.2, 0.25) is 0 Å². The first-order chi connectivity index (χ1) is 7.15. The van der Waals surface area contributed by atoms with E-state index < -0.39 is 0 Å². The van der Waals surface area contributed by atoms with E-state index in [4.69, 9.17) is 15.2 Å². The number of para-hydroxylation sites is 1. The van der Waals surface area contributed by atoms with Crippen molar-refractivity contribution in [1.29, 1.82) is 0 Å². The van der Waals surface area contributed by atoms with Crippen LogP contribution in [0.1, 0.15) is 0 Å². The topological polar surface area (TPSA) is 47.7 Å². The Labute approximate surface area is 90.6 Å². The predicted octanol–water partition coefficient (Wildman–Crippen LogP) is 1.22. The fraction of sp³-hybridized carbons (Fsp3) is 0.455. The second-order valence-corrected chi connectivity index (χ2v) is 3.53. The monoisotopic (exact) mass is 210 g/mol. The molecule has 0 spiro atoms. The Balaban J connectivity index is 2.66. The van der Waals surface area contributed by atoms with Crippen LogP contribution in [-0.2, 0) is 0 Å². The minimum absolute atomic E-state index is 0.595. The van der Waals surface area contributed by atoms with Gasteiger partial charge in [-0.25, -0.2) is 0 Å². The average Bonchev–Trinajstić information content (AvgIpc) is 2.20. The normalized spacial score (nSPS) is 10.4. The summed E-state index contributed by atoms with van der Waals surface area (Å²) >= 11 is 0. The van der Waals surface area contributed by atoms with E-state index in [1.54, 1.807) is 13.2 Å². The van der Waals surface area contributed by atoms with Crippen LogP contribution < -0.4 is 15.2 Å². The first-order valence-corrected chi connectivity index (χ1v) is 4.85. The molecule has 0 radical (unpaired) electrons. The van der Waals surface area contributed by atoms with Crippen LogP contribution in [0.15, 0.2) is 18.2 Å². The third kappa shape index (κ3) is 3.32. The number of likely N-dealkylation sites (N-methyl/N-ethyl adjacent to an activating group) is 1. The van der Waals surface area contributed by atoms with Gasteiger partial charge in [0.05, 0.1) is 12.8 Å². The zero-order valence-electron chi connectivity index (χ0n) is 9.49. The Kier molecular flexibility index (Phi) is 4.24. The third-order valence-electron chi connectivity index (χ3n) is 2.01. The van der Waals surface area contributed by atoms with Gasteiger partial charge in [0.15, 0.2) is 11.5 Å². The average molecular weight is 210 g/mol. The van der Waals surface area contributed by atoms with Crippen molar-refractivity contribution in [3.05, 3.63) is 18.2 Å². The highest BCUT2D eigenvalue weighted by atomic mass is 16.5. The largest absolute Gasteiger partial charge is 0.493 e. The SMILES string of the molecule is COc1cccc(N)c1OCCN(C)C. The summed E-state index contributed by atoms with van der Waals surface area (Å²) in [6, 6.07) is 5.47. The molecule has 0 saturated carbocycles. The molecule has 1 aromatic carbocycles. The summed E-state index contributed by atoms with van der Waals surface area (Å²) in [6.07, 6.45) is 0. The lowest BCUT2D eigenvalue weighted by atomic mass is 10.3. The lowest BCUT2D eigenvalue weighted by Crippen LogP contribution is -2.19. The van der Waals surface area contributed by atoms with Gasteiger partial charge >= 0.3 is 0 Å². The first kappa shape index (κ1) is 11.7. The number of hydrogen-bond acceptors (Lipinski definition) is 4. The molecule has 0 amide bonds. The Morgan fingerprint density at radius 1 is 1.33 bits per heavy atom. The Hall–Kier alpha value is -1.42. The molecule has 2 N–H and O–H groups in total. The van der Waals surface area contributed by atoms with E-state index in [0.717, 1.165) is 6.54 Å². The van der Waals surface area contributed by atoms with Crippen LogP contribution >= 0.6 is 0 Å². The molecule has 0 bridgehead atoms. The standard InChI is InChI=1S/C11H18N2O2/c1-13(2)7-8-15-11-9(12)5-4-6-10(11)14-3/h4-6H,7-8,12H2,1-3H3. The number of methoxy groups -OCH3 is 1. The van der Waals surface area contributed by atoms with Crippen LogP contribution in [0.4, 0.5) is 5.69 Å². The molecule has 1 aromatic rings. The number of nitrogens with two attached hydrogens (primary N) is 1. The van der Waals surface area contributed by atoms with Crippen molar-refractivity contribution in [1.82, 2.24) is 4.90 Å². The molecule has 0 unspecified atom stereocenters. The summed E-state index contributed by atoms with van der Waals surface area (Å²) in [4.78, 5) is 2.05. The van der Waals surface area contributed by atoms with Crippen LogP contribution in [0, 0.1) is 0 Å². The molecule has 0 aliphatic carbocycles. The van der Waals surface area contributed by atoms with E-state index in [9.17, 15) is 0 Å². The van der Waals surface area contributed by atoms with Gasteiger partial charge < -0.3 is 20.1 Å². The maximum absolute atomic E-state index is 5.80. The molecule has 84 valence electrons. The molecule has 15 heavy (non-hydrogen) atoms. The van der Waals surface area contributed by atoms with Crippen molar-refractivity contribution >= 4 is 5.69 Å². The summed E-state index contributed by atoms with van der Waals surface area (Å²) < 4.78 is 10.7. The van der Waals surface area contributed by atoms with E-state index in [1.807, 2.05) is 31.1 Å². The van der Waals surface area contributed by atoms with Crippen molar-refractivity contribution in [2.45, 2.75) is 0 Å². The van der Waals surface area contributed by atoms with E-state index in [1.165, 1.54) is 0 Å². The first-order valence-electron chi connectivity index (χ1n) is 4.85. The summed E-state index contributed by atoms with van der Waals surface area (Å²) in [5, 5.41) is 0. The zero-order chi connectivity index (χ0) is 11.3. The summed E-state index contributed by atoms with van der Waals surface area (Å²) in [5.41, 5.74) is 6.40. The second-order valence-electron chi connectivity index (χ2n) is 3.53. The maximum atomic E-state index is 5.80. The van der Waals surface area contributed by atoms with Crippen molar-refractivity contribution in [3.8, 4) is 11.5 Å². The predicted molar refractivity (Wildman–Crippen MR) is 61.5 cm³/mol. The van der Waals surface area contributed by atoms with Crippen molar-refractivity contribution in [2.75, 3.05) is 40.1 Å². The second kappa shape index (κ2) is 5.46. The molecule has 1 rings (SSSR count). The summed E-state index contributed by atoms with van der Waals surface area (Å²) in [6.45, 7) is 1.44. The molecule has 0 aliphatic heterocycles. The van der Waals surface area contributed by atoms with Crippen LogP contribution in [0.25, 0.3) is 0 Å². The van der Waals surface area contributed by atoms with Gasteiger partial charge in [-0.2, -0.15) is 0 Å². The van der Waals surface area contributed by atoms with Crippen LogP contribution in [-0.4, -0.2) is 39.3 Å². The highest BCUT2D eigenvalue weighted by Gasteiger charge is 2.07. The van der Waals surface area contributed by atoms with Crippen molar-refractivity contribution < 1.29 is 9.47 Å². The molecule has 0 aromatic heterocycles. The molecule has 0 atom stereocenters. The highest BCUT2D eigenvalue weighted by Crippen LogP contribution is 2.32. The third-order valence-corrected chi connectivity index (χ3v) is 2.01. The highest BCUT2D eigenvalue weighted by molar-refractivity contribution is 5.60. The van der Waals surface area contributed by atoms with Gasteiger partial charge in [-0.1, -0.05) is 6.07 Å². The number of benzene rings is 1. The number of anilines is 1. The quantitative estimate of drug-likeness (QED) is 0.742. The number of nitrogens with zero attached hydrogens (tertiary/aromatic N) is 1. The minimum Gasteiger partial charge on any atom is -0.493 e. The molecular formula is C11H18N2O2. The van der Waals surface area contributed by atoms with E-state index in [2.05, 4.69) is 0 Å². The summed E-state index contributed by atoms with van der Waals surface area (Å²) in [5.74, 6) is 1.30. The Bertz CT molecular complexity index is 313. The van der Waals surface area contributed by atoms with Gasteiger partial charge in [-0.05, 0) is 26.2 Å². The lowest BCUT2D eigenvalue weighted by molar-refractivity contribution is 0.252. The molecule has 0 saturated heterocycles. The molecular weight excluding hydrogens is 192 g/mol. The zero-order valence-corrected chi connectivity index (χ0v) is 9.49. The smallest absolute Gasteiger partial charge is 0.184 e. The minimum atomic E-state index is 0.595. The molecule has 4 nitrogen and oxygen atoms in total. The van der Waals surface area contributed by atoms with E-state index >= 15 is 0 Å². The van der Waals surface area contributed by atoms with Gasteiger partial charge in [-0.15, -0.1) is 0 Å². The Morgan fingerprint density at radius 2 is 2.07 bits per heavy atom. The summed E-state index contributed by atoms with van der Waals surface area (Å²) in [7, 11) is 5.59. The number of rotatable bonds is 5. The van der Waals surface area contributed by atoms with Crippen LogP contribution in [0.3, 0.4) is 0 Å². The molecule has 0 heterocycles.